The number of halogens is 2. The Kier molecular flexibility index (Phi) is 5.98. The average Bonchev–Trinajstić information content (AvgIpc) is 3.45. The lowest BCUT2D eigenvalue weighted by Crippen LogP contribution is -2.21. The van der Waals surface area contributed by atoms with Crippen LogP contribution in [-0.2, 0) is 16.1 Å². The Hall–Kier alpha value is -4.15. The van der Waals surface area contributed by atoms with Gasteiger partial charge >= 0.3 is 5.97 Å². The number of benzene rings is 1. The van der Waals surface area contributed by atoms with Gasteiger partial charge in [0.25, 0.3) is 6.43 Å². The van der Waals surface area contributed by atoms with Crippen LogP contribution in [0.3, 0.4) is 0 Å². The van der Waals surface area contributed by atoms with Gasteiger partial charge in [0.15, 0.2) is 5.65 Å². The highest BCUT2D eigenvalue weighted by Gasteiger charge is 2.29. The molecule has 4 aromatic rings. The minimum absolute atomic E-state index is 0.206. The van der Waals surface area contributed by atoms with E-state index >= 15 is 0 Å². The third kappa shape index (κ3) is 4.61. The molecule has 35 heavy (non-hydrogen) atoms. The molecule has 9 nitrogen and oxygen atoms in total. The molecule has 0 saturated heterocycles. The van der Waals surface area contributed by atoms with Crippen molar-refractivity contribution in [3.05, 3.63) is 65.7 Å². The maximum atomic E-state index is 13.4. The first-order valence-corrected chi connectivity index (χ1v) is 11.2. The van der Waals surface area contributed by atoms with Gasteiger partial charge in [0.2, 0.25) is 5.91 Å². The molecule has 1 aromatic carbocycles. The van der Waals surface area contributed by atoms with E-state index in [1.165, 1.54) is 16.8 Å². The molecule has 180 valence electrons. The van der Waals surface area contributed by atoms with Gasteiger partial charge in [-0.3, -0.25) is 9.48 Å². The number of fused-ring (bicyclic) bond motifs is 1. The van der Waals surface area contributed by atoms with Crippen LogP contribution in [0.15, 0.2) is 48.8 Å². The Bertz CT molecular complexity index is 1410. The number of anilines is 1. The van der Waals surface area contributed by atoms with Crippen molar-refractivity contribution in [2.24, 2.45) is 0 Å². The van der Waals surface area contributed by atoms with Crippen LogP contribution < -0.4 is 5.32 Å². The summed E-state index contributed by atoms with van der Waals surface area (Å²) in [5.41, 5.74) is 2.77. The standard InChI is InChI=1S/C24H22F2N6O3/c1-2-35-24(34)17-12-28-32-19(8-9-27-23(17)32)15-4-3-5-16(10-15)29-21(33)13-31-20(22(25)26)11-18(30-31)14-6-7-14/h3-5,8-12,14,22H,2,6-7,13H2,1H3,(H,29,33). The second-order valence-corrected chi connectivity index (χ2v) is 8.20. The van der Waals surface area contributed by atoms with E-state index in [1.807, 2.05) is 6.07 Å². The SMILES string of the molecule is CCOC(=O)c1cnn2c(-c3cccc(NC(=O)Cn4nc(C5CC5)cc4C(F)F)c3)ccnc12. The molecule has 0 atom stereocenters. The van der Waals surface area contributed by atoms with Crippen molar-refractivity contribution in [3.63, 3.8) is 0 Å². The van der Waals surface area contributed by atoms with E-state index in [-0.39, 0.29) is 30.3 Å². The number of hydrogen-bond acceptors (Lipinski definition) is 6. The summed E-state index contributed by atoms with van der Waals surface area (Å²) >= 11 is 0. The van der Waals surface area contributed by atoms with Gasteiger partial charge in [0.1, 0.15) is 17.8 Å². The largest absolute Gasteiger partial charge is 0.462 e. The Labute approximate surface area is 198 Å². The van der Waals surface area contributed by atoms with E-state index in [2.05, 4.69) is 20.5 Å². The molecule has 5 rings (SSSR count). The monoisotopic (exact) mass is 480 g/mol. The van der Waals surface area contributed by atoms with Crippen LogP contribution in [0.1, 0.15) is 53.9 Å². The molecule has 1 fully saturated rings. The number of carbonyl (C=O) groups is 2. The quantitative estimate of drug-likeness (QED) is 0.379. The summed E-state index contributed by atoms with van der Waals surface area (Å²) in [5.74, 6) is -0.782. The van der Waals surface area contributed by atoms with Gasteiger partial charge in [-0.05, 0) is 44.0 Å². The highest BCUT2D eigenvalue weighted by molar-refractivity contribution is 5.96. The molecule has 0 bridgehead atoms. The van der Waals surface area contributed by atoms with Crippen molar-refractivity contribution in [1.82, 2.24) is 24.4 Å². The van der Waals surface area contributed by atoms with Gasteiger partial charge in [-0.1, -0.05) is 12.1 Å². The molecule has 0 aliphatic heterocycles. The van der Waals surface area contributed by atoms with Crippen LogP contribution in [0.5, 0.6) is 0 Å². The molecule has 11 heteroatoms. The summed E-state index contributed by atoms with van der Waals surface area (Å²) in [5, 5.41) is 11.2. The van der Waals surface area contributed by atoms with Crippen LogP contribution in [0.2, 0.25) is 0 Å². The Morgan fingerprint density at radius 2 is 2.06 bits per heavy atom. The second-order valence-electron chi connectivity index (χ2n) is 8.20. The van der Waals surface area contributed by atoms with Crippen molar-refractivity contribution in [2.75, 3.05) is 11.9 Å². The number of carbonyl (C=O) groups excluding carboxylic acids is 2. The lowest BCUT2D eigenvalue weighted by Gasteiger charge is -2.10. The zero-order chi connectivity index (χ0) is 24.5. The van der Waals surface area contributed by atoms with E-state index in [4.69, 9.17) is 4.74 Å². The molecule has 3 heterocycles. The van der Waals surface area contributed by atoms with E-state index in [0.29, 0.717) is 28.3 Å². The van der Waals surface area contributed by atoms with Gasteiger partial charge in [-0.25, -0.2) is 23.1 Å². The Balaban J connectivity index is 1.37. The predicted molar refractivity (Wildman–Crippen MR) is 122 cm³/mol. The van der Waals surface area contributed by atoms with Crippen molar-refractivity contribution < 1.29 is 23.1 Å². The van der Waals surface area contributed by atoms with Crippen molar-refractivity contribution in [1.29, 1.82) is 0 Å². The van der Waals surface area contributed by atoms with Gasteiger partial charge in [0.05, 0.1) is 24.2 Å². The van der Waals surface area contributed by atoms with Crippen molar-refractivity contribution in [2.45, 2.75) is 38.7 Å². The number of alkyl halides is 2. The van der Waals surface area contributed by atoms with E-state index in [1.54, 1.807) is 37.4 Å². The number of hydrogen-bond donors (Lipinski definition) is 1. The molecule has 1 aliphatic carbocycles. The van der Waals surface area contributed by atoms with Gasteiger partial charge in [-0.15, -0.1) is 0 Å². The summed E-state index contributed by atoms with van der Waals surface area (Å²) in [7, 11) is 0. The molecule has 0 spiro atoms. The lowest BCUT2D eigenvalue weighted by atomic mass is 10.1. The summed E-state index contributed by atoms with van der Waals surface area (Å²) < 4.78 is 34.5. The van der Waals surface area contributed by atoms with Gasteiger partial charge in [0, 0.05) is 23.4 Å². The first-order chi connectivity index (χ1) is 16.9. The van der Waals surface area contributed by atoms with Crippen LogP contribution in [-0.4, -0.2) is 42.9 Å². The first-order valence-electron chi connectivity index (χ1n) is 11.2. The summed E-state index contributed by atoms with van der Waals surface area (Å²) in [6, 6.07) is 10.1. The molecule has 1 saturated carbocycles. The second kappa shape index (κ2) is 9.24. The highest BCUT2D eigenvalue weighted by atomic mass is 19.3. The Morgan fingerprint density at radius 3 is 2.80 bits per heavy atom. The number of aromatic nitrogens is 5. The van der Waals surface area contributed by atoms with E-state index < -0.39 is 18.3 Å². The normalized spacial score (nSPS) is 13.4. The summed E-state index contributed by atoms with van der Waals surface area (Å²) in [4.78, 5) is 29.1. The highest BCUT2D eigenvalue weighted by Crippen LogP contribution is 2.40. The smallest absolute Gasteiger partial charge is 0.343 e. The summed E-state index contributed by atoms with van der Waals surface area (Å²) in [6.07, 6.45) is 2.10. The number of nitrogens with zero attached hydrogens (tertiary/aromatic N) is 5. The van der Waals surface area contributed by atoms with E-state index in [9.17, 15) is 18.4 Å². The van der Waals surface area contributed by atoms with E-state index in [0.717, 1.165) is 17.5 Å². The minimum Gasteiger partial charge on any atom is -0.462 e. The van der Waals surface area contributed by atoms with Gasteiger partial charge < -0.3 is 10.1 Å². The number of ether oxygens (including phenoxy) is 1. The minimum atomic E-state index is -2.71. The van der Waals surface area contributed by atoms with Gasteiger partial charge in [-0.2, -0.15) is 10.2 Å². The molecular formula is C24H22F2N6O3. The van der Waals surface area contributed by atoms with Crippen LogP contribution in [0, 0.1) is 0 Å². The fourth-order valence-electron chi connectivity index (χ4n) is 3.89. The van der Waals surface area contributed by atoms with Crippen LogP contribution in [0.25, 0.3) is 16.9 Å². The van der Waals surface area contributed by atoms with Crippen molar-refractivity contribution in [3.8, 4) is 11.3 Å². The summed E-state index contributed by atoms with van der Waals surface area (Å²) in [6.45, 7) is 1.63. The zero-order valence-corrected chi connectivity index (χ0v) is 18.8. The number of esters is 1. The third-order valence-corrected chi connectivity index (χ3v) is 5.68. The number of nitrogens with one attached hydrogen (secondary N) is 1. The average molecular weight is 480 g/mol. The molecule has 0 unspecified atom stereocenters. The number of rotatable bonds is 8. The predicted octanol–water partition coefficient (Wildman–Crippen LogP) is 4.22. The zero-order valence-electron chi connectivity index (χ0n) is 18.8. The van der Waals surface area contributed by atoms with Crippen LogP contribution >= 0.6 is 0 Å². The molecule has 1 aliphatic rings. The topological polar surface area (TPSA) is 103 Å². The maximum Gasteiger partial charge on any atom is 0.343 e. The molecule has 3 aromatic heterocycles. The fraction of sp³-hybridized carbons (Fsp3) is 0.292. The third-order valence-electron chi connectivity index (χ3n) is 5.68. The fourth-order valence-corrected chi connectivity index (χ4v) is 3.89. The van der Waals surface area contributed by atoms with Crippen LogP contribution in [0.4, 0.5) is 14.5 Å². The molecule has 1 amide bonds. The first kappa shape index (κ1) is 22.6. The lowest BCUT2D eigenvalue weighted by molar-refractivity contribution is -0.117. The molecule has 1 N–H and O–H groups in total. The Morgan fingerprint density at radius 1 is 1.23 bits per heavy atom. The molecule has 0 radical (unpaired) electrons. The number of amides is 1. The molecular weight excluding hydrogens is 458 g/mol. The van der Waals surface area contributed by atoms with Crippen molar-refractivity contribution >= 4 is 23.2 Å². The maximum absolute atomic E-state index is 13.4.